The van der Waals surface area contributed by atoms with Gasteiger partial charge >= 0.3 is 0 Å². The van der Waals surface area contributed by atoms with Gasteiger partial charge in [-0.2, -0.15) is 5.10 Å². The van der Waals surface area contributed by atoms with Crippen molar-refractivity contribution in [3.63, 3.8) is 0 Å². The molecular weight excluding hydrogens is 254 g/mol. The van der Waals surface area contributed by atoms with Crippen molar-refractivity contribution in [3.05, 3.63) is 17.0 Å². The van der Waals surface area contributed by atoms with Crippen LogP contribution in [0.3, 0.4) is 0 Å². The van der Waals surface area contributed by atoms with Gasteiger partial charge in [-0.3, -0.25) is 9.89 Å². The first-order valence-electron chi connectivity index (χ1n) is 6.12. The van der Waals surface area contributed by atoms with Crippen LogP contribution in [0.5, 0.6) is 0 Å². The van der Waals surface area contributed by atoms with E-state index in [0.717, 1.165) is 30.5 Å². The third kappa shape index (κ3) is 2.03. The number of nitrogens with one attached hydrogen (secondary N) is 2. The molecule has 1 unspecified atom stereocenters. The lowest BCUT2D eigenvalue weighted by Crippen LogP contribution is -2.36. The van der Waals surface area contributed by atoms with E-state index in [9.17, 15) is 13.2 Å². The fraction of sp³-hybridized carbons (Fsp3) is 0.636. The van der Waals surface area contributed by atoms with Gasteiger partial charge in [0.25, 0.3) is 5.91 Å². The van der Waals surface area contributed by atoms with E-state index in [1.54, 1.807) is 0 Å². The Morgan fingerprint density at radius 2 is 2.22 bits per heavy atom. The predicted octanol–water partition coefficient (Wildman–Crippen LogP) is -0.185. The summed E-state index contributed by atoms with van der Waals surface area (Å²) in [6, 6.07) is -0.267. The van der Waals surface area contributed by atoms with Crippen molar-refractivity contribution in [2.45, 2.75) is 31.7 Å². The lowest BCUT2D eigenvalue weighted by molar-refractivity contribution is 0.0935. The molecule has 0 radical (unpaired) electrons. The van der Waals surface area contributed by atoms with E-state index in [4.69, 9.17) is 0 Å². The van der Waals surface area contributed by atoms with E-state index in [-0.39, 0.29) is 23.5 Å². The molecule has 1 fully saturated rings. The zero-order valence-electron chi connectivity index (χ0n) is 9.90. The van der Waals surface area contributed by atoms with Crippen molar-refractivity contribution in [3.8, 4) is 0 Å². The first-order chi connectivity index (χ1) is 8.55. The van der Waals surface area contributed by atoms with E-state index in [2.05, 4.69) is 15.5 Å². The molecule has 18 heavy (non-hydrogen) atoms. The average Bonchev–Trinajstić information content (AvgIpc) is 2.92. The van der Waals surface area contributed by atoms with E-state index in [1.165, 1.54) is 0 Å². The number of aromatic amines is 1. The molecule has 6 nitrogen and oxygen atoms in total. The molecule has 1 atom stereocenters. The van der Waals surface area contributed by atoms with Gasteiger partial charge in [-0.1, -0.05) is 0 Å². The van der Waals surface area contributed by atoms with Gasteiger partial charge in [-0.05, 0) is 25.7 Å². The van der Waals surface area contributed by atoms with Crippen LogP contribution >= 0.6 is 0 Å². The Hall–Kier alpha value is -1.37. The quantitative estimate of drug-likeness (QED) is 0.778. The monoisotopic (exact) mass is 269 g/mol. The second kappa shape index (κ2) is 4.08. The smallest absolute Gasteiger partial charge is 0.272 e. The number of sulfone groups is 1. The molecular formula is C11H15N3O3S. The molecule has 1 aromatic heterocycles. The normalized spacial score (nSPS) is 25.0. The molecule has 1 aliphatic carbocycles. The van der Waals surface area contributed by atoms with Gasteiger partial charge in [0, 0.05) is 17.3 Å². The number of H-pyrrole nitrogens is 1. The molecule has 1 amide bonds. The summed E-state index contributed by atoms with van der Waals surface area (Å²) in [5.41, 5.74) is 2.47. The largest absolute Gasteiger partial charge is 0.347 e. The maximum Gasteiger partial charge on any atom is 0.272 e. The molecule has 2 aliphatic rings. The standard InChI is InChI=1S/C11H15N3O3S/c15-11(12-7-4-5-18(16,17)6-7)10-8-2-1-3-9(8)13-14-10/h7H,1-6H2,(H,12,15)(H,13,14). The Kier molecular flexibility index (Phi) is 2.65. The van der Waals surface area contributed by atoms with Crippen LogP contribution in [-0.4, -0.2) is 42.1 Å². The maximum atomic E-state index is 12.0. The second-order valence-corrected chi connectivity index (χ2v) is 7.19. The maximum absolute atomic E-state index is 12.0. The summed E-state index contributed by atoms with van der Waals surface area (Å²) in [5.74, 6) is -0.0430. The number of hydrogen-bond acceptors (Lipinski definition) is 4. The fourth-order valence-corrected chi connectivity index (χ4v) is 4.34. The summed E-state index contributed by atoms with van der Waals surface area (Å²) in [7, 11) is -2.96. The Morgan fingerprint density at radius 3 is 2.94 bits per heavy atom. The Bertz CT molecular complexity index is 591. The molecule has 0 saturated carbocycles. The van der Waals surface area contributed by atoms with Crippen molar-refractivity contribution >= 4 is 15.7 Å². The van der Waals surface area contributed by atoms with Crippen molar-refractivity contribution in [1.82, 2.24) is 15.5 Å². The number of amides is 1. The van der Waals surface area contributed by atoms with Crippen molar-refractivity contribution < 1.29 is 13.2 Å². The summed E-state index contributed by atoms with van der Waals surface area (Å²) in [6.45, 7) is 0. The molecule has 1 saturated heterocycles. The van der Waals surface area contributed by atoms with Crippen LogP contribution in [0.4, 0.5) is 0 Å². The fourth-order valence-electron chi connectivity index (χ4n) is 2.67. The Morgan fingerprint density at radius 1 is 1.39 bits per heavy atom. The van der Waals surface area contributed by atoms with Crippen molar-refractivity contribution in [1.29, 1.82) is 0 Å². The van der Waals surface area contributed by atoms with E-state index in [0.29, 0.717) is 12.1 Å². The molecule has 7 heteroatoms. The van der Waals surface area contributed by atoms with Crippen molar-refractivity contribution in [2.75, 3.05) is 11.5 Å². The third-order valence-electron chi connectivity index (χ3n) is 3.59. The van der Waals surface area contributed by atoms with Gasteiger partial charge in [0.15, 0.2) is 15.5 Å². The van der Waals surface area contributed by atoms with Crippen LogP contribution in [0, 0.1) is 0 Å². The van der Waals surface area contributed by atoms with Gasteiger partial charge in [0.1, 0.15) is 0 Å². The Labute approximate surface area is 105 Å². The summed E-state index contributed by atoms with van der Waals surface area (Å²) in [4.78, 5) is 12.0. The molecule has 0 aromatic carbocycles. The van der Waals surface area contributed by atoms with Gasteiger partial charge in [0.2, 0.25) is 0 Å². The molecule has 98 valence electrons. The van der Waals surface area contributed by atoms with Crippen LogP contribution < -0.4 is 5.32 Å². The lowest BCUT2D eigenvalue weighted by Gasteiger charge is -2.09. The van der Waals surface area contributed by atoms with Gasteiger partial charge < -0.3 is 5.32 Å². The highest BCUT2D eigenvalue weighted by Gasteiger charge is 2.31. The molecule has 1 aromatic rings. The molecule has 0 bridgehead atoms. The molecule has 0 spiro atoms. The van der Waals surface area contributed by atoms with Gasteiger partial charge in [-0.15, -0.1) is 0 Å². The first kappa shape index (κ1) is 11.7. The lowest BCUT2D eigenvalue weighted by atomic mass is 10.2. The van der Waals surface area contributed by atoms with Crippen molar-refractivity contribution in [2.24, 2.45) is 0 Å². The topological polar surface area (TPSA) is 91.9 Å². The number of carbonyl (C=O) groups excluding carboxylic acids is 1. The number of carbonyl (C=O) groups is 1. The molecule has 1 aliphatic heterocycles. The zero-order valence-corrected chi connectivity index (χ0v) is 10.7. The summed E-state index contributed by atoms with van der Waals surface area (Å²) in [6.07, 6.45) is 3.35. The minimum Gasteiger partial charge on any atom is -0.347 e. The van der Waals surface area contributed by atoms with Crippen LogP contribution in [0.1, 0.15) is 34.6 Å². The van der Waals surface area contributed by atoms with Gasteiger partial charge in [-0.25, -0.2) is 8.42 Å². The summed E-state index contributed by atoms with van der Waals surface area (Å²) >= 11 is 0. The highest BCUT2D eigenvalue weighted by atomic mass is 32.2. The Balaban J connectivity index is 1.72. The van der Waals surface area contributed by atoms with Crippen LogP contribution in [0.2, 0.25) is 0 Å². The average molecular weight is 269 g/mol. The third-order valence-corrected chi connectivity index (χ3v) is 5.36. The van der Waals surface area contributed by atoms with Crippen LogP contribution in [0.15, 0.2) is 0 Å². The van der Waals surface area contributed by atoms with Gasteiger partial charge in [0.05, 0.1) is 11.5 Å². The molecule has 3 rings (SSSR count). The number of aromatic nitrogens is 2. The molecule has 2 heterocycles. The van der Waals surface area contributed by atoms with E-state index >= 15 is 0 Å². The van der Waals surface area contributed by atoms with E-state index < -0.39 is 9.84 Å². The predicted molar refractivity (Wildman–Crippen MR) is 65.1 cm³/mol. The van der Waals surface area contributed by atoms with Crippen LogP contribution in [-0.2, 0) is 22.7 Å². The summed E-state index contributed by atoms with van der Waals surface area (Å²) in [5, 5.41) is 9.67. The summed E-state index contributed by atoms with van der Waals surface area (Å²) < 4.78 is 22.6. The number of aryl methyl sites for hydroxylation is 1. The number of rotatable bonds is 2. The highest BCUT2D eigenvalue weighted by molar-refractivity contribution is 7.91. The minimum absolute atomic E-state index is 0.0470. The first-order valence-corrected chi connectivity index (χ1v) is 7.95. The number of fused-ring (bicyclic) bond motifs is 1. The molecule has 2 N–H and O–H groups in total. The minimum atomic E-state index is -2.96. The highest BCUT2D eigenvalue weighted by Crippen LogP contribution is 2.23. The van der Waals surface area contributed by atoms with Crippen LogP contribution in [0.25, 0.3) is 0 Å². The second-order valence-electron chi connectivity index (χ2n) is 4.96. The zero-order chi connectivity index (χ0) is 12.8. The number of hydrogen-bond donors (Lipinski definition) is 2. The van der Waals surface area contributed by atoms with E-state index in [1.807, 2.05) is 0 Å². The SMILES string of the molecule is O=C(NC1CCS(=O)(=O)C1)c1n[nH]c2c1CCC2. The number of nitrogens with zero attached hydrogens (tertiary/aromatic N) is 1.